The molecule has 3 rings (SSSR count). The van der Waals surface area contributed by atoms with Crippen molar-refractivity contribution in [3.8, 4) is 0 Å². The molecule has 0 saturated heterocycles. The highest BCUT2D eigenvalue weighted by atomic mass is 79.9. The maximum absolute atomic E-state index is 11.6. The maximum Gasteiger partial charge on any atom is 0.132 e. The first-order chi connectivity index (χ1) is 12.6. The van der Waals surface area contributed by atoms with Crippen molar-refractivity contribution in [2.75, 3.05) is 0 Å². The summed E-state index contributed by atoms with van der Waals surface area (Å²) in [5, 5.41) is 13.4. The summed E-state index contributed by atoms with van der Waals surface area (Å²) in [7, 11) is 0. The molecule has 0 amide bonds. The van der Waals surface area contributed by atoms with E-state index in [0.717, 1.165) is 23.0 Å². The summed E-state index contributed by atoms with van der Waals surface area (Å²) < 4.78 is 1.05. The van der Waals surface area contributed by atoms with Gasteiger partial charge in [-0.15, -0.1) is 0 Å². The Kier molecular flexibility index (Phi) is 6.25. The first-order valence-corrected chi connectivity index (χ1v) is 9.91. The van der Waals surface area contributed by atoms with E-state index in [1.165, 1.54) is 16.7 Å². The number of hydrogen-bond acceptors (Lipinski definition) is 3. The Morgan fingerprint density at radius 1 is 1.15 bits per heavy atom. The lowest BCUT2D eigenvalue weighted by Gasteiger charge is -2.26. The number of oxime groups is 1. The average Bonchev–Trinajstić information content (AvgIpc) is 2.66. The fraction of sp³-hybridized carbons (Fsp3) is 0.364. The van der Waals surface area contributed by atoms with Crippen molar-refractivity contribution < 1.29 is 10.0 Å². The van der Waals surface area contributed by atoms with E-state index in [2.05, 4.69) is 70.5 Å². The molecular weight excluding hydrogens is 390 g/mol. The quantitative estimate of drug-likeness (QED) is 0.378. The van der Waals surface area contributed by atoms with Crippen LogP contribution in [-0.4, -0.2) is 16.7 Å². The Balaban J connectivity index is 1.91. The molecule has 1 fully saturated rings. The Morgan fingerprint density at radius 3 is 2.42 bits per heavy atom. The van der Waals surface area contributed by atoms with Crippen molar-refractivity contribution in [1.82, 2.24) is 0 Å². The Hall–Kier alpha value is -1.94. The molecule has 0 bridgehead atoms. The van der Waals surface area contributed by atoms with E-state index in [0.29, 0.717) is 25.0 Å². The number of nitrogens with zero attached hydrogens (tertiary/aromatic N) is 1. The van der Waals surface area contributed by atoms with E-state index in [4.69, 9.17) is 0 Å². The number of ketones is 1. The normalized spacial score (nSPS) is 17.3. The van der Waals surface area contributed by atoms with Crippen LogP contribution >= 0.6 is 15.9 Å². The average molecular weight is 414 g/mol. The first-order valence-electron chi connectivity index (χ1n) is 9.12. The summed E-state index contributed by atoms with van der Waals surface area (Å²) in [6, 6.07) is 16.7. The van der Waals surface area contributed by atoms with Crippen LogP contribution in [0.3, 0.4) is 0 Å². The van der Waals surface area contributed by atoms with Gasteiger partial charge in [0.05, 0.1) is 5.71 Å². The third-order valence-corrected chi connectivity index (χ3v) is 5.92. The van der Waals surface area contributed by atoms with E-state index >= 15 is 0 Å². The highest BCUT2D eigenvalue weighted by Crippen LogP contribution is 2.34. The number of hydrogen-bond donors (Lipinski definition) is 1. The predicted molar refractivity (Wildman–Crippen MR) is 108 cm³/mol. The molecule has 1 unspecified atom stereocenters. The van der Waals surface area contributed by atoms with E-state index in [9.17, 15) is 10.0 Å². The molecule has 1 aliphatic carbocycles. The van der Waals surface area contributed by atoms with Crippen LogP contribution < -0.4 is 0 Å². The summed E-state index contributed by atoms with van der Waals surface area (Å²) in [5.41, 5.74) is 4.50. The minimum Gasteiger partial charge on any atom is -0.411 e. The van der Waals surface area contributed by atoms with Gasteiger partial charge in [-0.25, -0.2) is 0 Å². The zero-order valence-electron chi connectivity index (χ0n) is 15.0. The molecule has 0 aromatic heterocycles. The summed E-state index contributed by atoms with van der Waals surface area (Å²) in [6.07, 6.45) is 3.44. The molecule has 26 heavy (non-hydrogen) atoms. The van der Waals surface area contributed by atoms with Crippen molar-refractivity contribution >= 4 is 27.4 Å². The maximum atomic E-state index is 11.6. The van der Waals surface area contributed by atoms with Gasteiger partial charge in [-0.3, -0.25) is 4.79 Å². The third-order valence-electron chi connectivity index (χ3n) is 5.39. The summed E-state index contributed by atoms with van der Waals surface area (Å²) in [4.78, 5) is 11.6. The molecule has 1 saturated carbocycles. The van der Waals surface area contributed by atoms with Gasteiger partial charge in [0.1, 0.15) is 5.78 Å². The molecule has 2 aromatic rings. The second-order valence-electron chi connectivity index (χ2n) is 7.07. The molecule has 4 heteroatoms. The first kappa shape index (κ1) is 18.8. The Bertz CT molecular complexity index is 788. The summed E-state index contributed by atoms with van der Waals surface area (Å²) in [5.74, 6) is 0.648. The Labute approximate surface area is 163 Å². The standard InChI is InChI=1S/C22H24BrNO2/c1-15-4-2-3-5-20(15)21(16-6-10-18(23)11-7-16)14-22(24-26)17-8-12-19(25)13-9-17/h2-7,10-11,17,21,26H,8-9,12-14H2,1H3/b24-22+. The smallest absolute Gasteiger partial charge is 0.132 e. The predicted octanol–water partition coefficient (Wildman–Crippen LogP) is 5.87. The third kappa shape index (κ3) is 4.42. The minimum atomic E-state index is 0.132. The van der Waals surface area contributed by atoms with Crippen LogP contribution in [0.1, 0.15) is 54.7 Å². The number of aryl methyl sites for hydroxylation is 1. The van der Waals surface area contributed by atoms with Gasteiger partial charge < -0.3 is 5.21 Å². The van der Waals surface area contributed by atoms with Gasteiger partial charge in [0.2, 0.25) is 0 Å². The van der Waals surface area contributed by atoms with Crippen molar-refractivity contribution in [2.24, 2.45) is 11.1 Å². The zero-order chi connectivity index (χ0) is 18.5. The molecule has 3 nitrogen and oxygen atoms in total. The van der Waals surface area contributed by atoms with Crippen molar-refractivity contribution in [2.45, 2.75) is 44.9 Å². The summed E-state index contributed by atoms with van der Waals surface area (Å²) >= 11 is 3.50. The van der Waals surface area contributed by atoms with Gasteiger partial charge in [0, 0.05) is 35.6 Å². The van der Waals surface area contributed by atoms with E-state index in [1.807, 2.05) is 6.07 Å². The minimum absolute atomic E-state index is 0.132. The molecule has 1 N–H and O–H groups in total. The second kappa shape index (κ2) is 8.63. The molecule has 0 radical (unpaired) electrons. The monoisotopic (exact) mass is 413 g/mol. The van der Waals surface area contributed by atoms with Gasteiger partial charge in [-0.2, -0.15) is 0 Å². The molecule has 2 aromatic carbocycles. The topological polar surface area (TPSA) is 49.7 Å². The van der Waals surface area contributed by atoms with Crippen LogP contribution in [0.15, 0.2) is 58.2 Å². The van der Waals surface area contributed by atoms with Crippen LogP contribution in [0, 0.1) is 12.8 Å². The fourth-order valence-electron chi connectivity index (χ4n) is 3.85. The van der Waals surface area contributed by atoms with Crippen LogP contribution in [0.2, 0.25) is 0 Å². The van der Waals surface area contributed by atoms with Crippen molar-refractivity contribution in [1.29, 1.82) is 0 Å². The van der Waals surface area contributed by atoms with Crippen LogP contribution in [-0.2, 0) is 4.79 Å². The van der Waals surface area contributed by atoms with Crippen LogP contribution in [0.25, 0.3) is 0 Å². The molecular formula is C22H24BrNO2. The largest absolute Gasteiger partial charge is 0.411 e. The number of halogens is 1. The van der Waals surface area contributed by atoms with Gasteiger partial charge in [0.15, 0.2) is 0 Å². The number of rotatable bonds is 5. The number of Topliss-reactive ketones (excluding diaryl/α,β-unsaturated/α-hetero) is 1. The van der Waals surface area contributed by atoms with Crippen LogP contribution in [0.5, 0.6) is 0 Å². The molecule has 1 atom stereocenters. The number of benzene rings is 2. The Morgan fingerprint density at radius 2 is 1.81 bits per heavy atom. The lowest BCUT2D eigenvalue weighted by molar-refractivity contribution is -0.120. The van der Waals surface area contributed by atoms with Gasteiger partial charge >= 0.3 is 0 Å². The fourth-order valence-corrected chi connectivity index (χ4v) is 4.12. The SMILES string of the molecule is Cc1ccccc1C(C/C(=N\O)C1CCC(=O)CC1)c1ccc(Br)cc1. The highest BCUT2D eigenvalue weighted by Gasteiger charge is 2.27. The molecule has 136 valence electrons. The van der Waals surface area contributed by atoms with Gasteiger partial charge in [-0.05, 0) is 48.6 Å². The lowest BCUT2D eigenvalue weighted by atomic mass is 9.78. The lowest BCUT2D eigenvalue weighted by Crippen LogP contribution is -2.24. The van der Waals surface area contributed by atoms with E-state index in [1.54, 1.807) is 0 Å². The van der Waals surface area contributed by atoms with Gasteiger partial charge in [-0.1, -0.05) is 57.5 Å². The zero-order valence-corrected chi connectivity index (χ0v) is 16.6. The van der Waals surface area contributed by atoms with Gasteiger partial charge in [0.25, 0.3) is 0 Å². The highest BCUT2D eigenvalue weighted by molar-refractivity contribution is 9.10. The summed E-state index contributed by atoms with van der Waals surface area (Å²) in [6.45, 7) is 2.12. The second-order valence-corrected chi connectivity index (χ2v) is 7.98. The molecule has 1 aliphatic rings. The molecule has 0 heterocycles. The number of carbonyl (C=O) groups excluding carboxylic acids is 1. The van der Waals surface area contributed by atoms with Crippen molar-refractivity contribution in [3.63, 3.8) is 0 Å². The van der Waals surface area contributed by atoms with E-state index in [-0.39, 0.29) is 11.8 Å². The van der Waals surface area contributed by atoms with Crippen LogP contribution in [0.4, 0.5) is 0 Å². The van der Waals surface area contributed by atoms with Crippen molar-refractivity contribution in [3.05, 3.63) is 69.7 Å². The van der Waals surface area contributed by atoms with E-state index < -0.39 is 0 Å². The molecule has 0 spiro atoms. The number of carbonyl (C=O) groups is 1. The molecule has 0 aliphatic heterocycles.